The monoisotopic (exact) mass is 625 g/mol. The second kappa shape index (κ2) is 23.1. The van der Waals surface area contributed by atoms with Crippen LogP contribution in [-0.2, 0) is 25.1 Å². The summed E-state index contributed by atoms with van der Waals surface area (Å²) in [6, 6.07) is 7.18. The lowest BCUT2D eigenvalue weighted by Crippen LogP contribution is -2.26. The summed E-state index contributed by atoms with van der Waals surface area (Å²) in [6.07, 6.45) is 20.0. The number of phosphoric acid groups is 1. The van der Waals surface area contributed by atoms with Gasteiger partial charge in [-0.1, -0.05) is 115 Å². The maximum Gasteiger partial charge on any atom is 0.527 e. The molecule has 42 heavy (non-hydrogen) atoms. The molecule has 0 saturated heterocycles. The highest BCUT2D eigenvalue weighted by atomic mass is 32.2. The van der Waals surface area contributed by atoms with Gasteiger partial charge in [0.05, 0.1) is 25.7 Å². The molecule has 1 aliphatic rings. The van der Waals surface area contributed by atoms with Gasteiger partial charge in [-0.15, -0.1) is 11.8 Å². The first-order valence-electron chi connectivity index (χ1n) is 16.0. The molecule has 1 aliphatic heterocycles. The highest BCUT2D eigenvalue weighted by Gasteiger charge is 2.26. The number of hydrogen-bond acceptors (Lipinski definition) is 7. The van der Waals surface area contributed by atoms with Crippen LogP contribution in [0.15, 0.2) is 48.0 Å². The quantitative estimate of drug-likeness (QED) is 0.0588. The van der Waals surface area contributed by atoms with Gasteiger partial charge in [0.15, 0.2) is 0 Å². The lowest BCUT2D eigenvalue weighted by molar-refractivity contribution is -0.0340. The van der Waals surface area contributed by atoms with E-state index in [0.717, 1.165) is 29.9 Å². The van der Waals surface area contributed by atoms with Crippen LogP contribution in [0.5, 0.6) is 5.75 Å². The second-order valence-corrected chi connectivity index (χ2v) is 13.6. The average Bonchev–Trinajstić information content (AvgIpc) is 3.46. The van der Waals surface area contributed by atoms with E-state index >= 15 is 0 Å². The first-order valence-corrected chi connectivity index (χ1v) is 18.5. The van der Waals surface area contributed by atoms with Gasteiger partial charge in [-0.25, -0.2) is 4.57 Å². The molecule has 0 fully saturated rings. The topological polar surface area (TPSA) is 77.5 Å². The van der Waals surface area contributed by atoms with Gasteiger partial charge in [-0.2, -0.15) is 0 Å². The summed E-state index contributed by atoms with van der Waals surface area (Å²) in [4.78, 5) is 12.5. The summed E-state index contributed by atoms with van der Waals surface area (Å²) >= 11 is 1.73. The van der Waals surface area contributed by atoms with Crippen molar-refractivity contribution >= 4 is 19.6 Å². The van der Waals surface area contributed by atoms with Crippen LogP contribution in [0.3, 0.4) is 0 Å². The summed E-state index contributed by atoms with van der Waals surface area (Å²) in [7, 11) is -4.34. The zero-order valence-corrected chi connectivity index (χ0v) is 27.9. The maximum absolute atomic E-state index is 12.7. The van der Waals surface area contributed by atoms with Gasteiger partial charge in [0.25, 0.3) is 0 Å². The molecule has 1 aromatic rings. The summed E-state index contributed by atoms with van der Waals surface area (Å²) < 4.78 is 35.0. The SMILES string of the molecule is C=C(C)COC(COCCCCCCCCCCCCCCCC)COP(=O)(O)Oc1cccc(CN2C=CSC2)c1. The van der Waals surface area contributed by atoms with E-state index in [1.165, 1.54) is 77.0 Å². The van der Waals surface area contributed by atoms with Crippen LogP contribution in [0.2, 0.25) is 0 Å². The third kappa shape index (κ3) is 19.1. The lowest BCUT2D eigenvalue weighted by Gasteiger charge is -2.20. The summed E-state index contributed by atoms with van der Waals surface area (Å²) in [5, 5.41) is 2.05. The van der Waals surface area contributed by atoms with Gasteiger partial charge < -0.3 is 18.9 Å². The van der Waals surface area contributed by atoms with Crippen molar-refractivity contribution in [3.8, 4) is 5.75 Å². The molecule has 0 amide bonds. The Balaban J connectivity index is 1.58. The third-order valence-electron chi connectivity index (χ3n) is 7.05. The van der Waals surface area contributed by atoms with Crippen LogP contribution >= 0.6 is 19.6 Å². The predicted molar refractivity (Wildman–Crippen MR) is 176 cm³/mol. The normalized spacial score (nSPS) is 15.2. The largest absolute Gasteiger partial charge is 0.527 e. The number of thioether (sulfide) groups is 1. The molecule has 2 rings (SSSR count). The molecule has 0 radical (unpaired) electrons. The smallest absolute Gasteiger partial charge is 0.404 e. The van der Waals surface area contributed by atoms with Gasteiger partial charge in [0.1, 0.15) is 11.9 Å². The number of hydrogen-bond donors (Lipinski definition) is 1. The molecule has 0 saturated carbocycles. The molecule has 2 atom stereocenters. The van der Waals surface area contributed by atoms with Crippen molar-refractivity contribution in [1.29, 1.82) is 0 Å². The maximum atomic E-state index is 12.7. The minimum absolute atomic E-state index is 0.116. The van der Waals surface area contributed by atoms with Crippen LogP contribution < -0.4 is 4.52 Å². The predicted octanol–water partition coefficient (Wildman–Crippen LogP) is 9.62. The van der Waals surface area contributed by atoms with Gasteiger partial charge in [-0.3, -0.25) is 9.42 Å². The summed E-state index contributed by atoms with van der Waals surface area (Å²) in [6.45, 7) is 9.84. The van der Waals surface area contributed by atoms with Crippen molar-refractivity contribution in [2.75, 3.05) is 32.3 Å². The van der Waals surface area contributed by atoms with E-state index in [-0.39, 0.29) is 13.2 Å². The fourth-order valence-corrected chi connectivity index (χ4v) is 6.20. The van der Waals surface area contributed by atoms with Crippen molar-refractivity contribution in [3.05, 3.63) is 53.6 Å². The first kappa shape index (κ1) is 36.9. The van der Waals surface area contributed by atoms with Gasteiger partial charge >= 0.3 is 7.82 Å². The van der Waals surface area contributed by atoms with E-state index in [2.05, 4.69) is 18.4 Å². The van der Waals surface area contributed by atoms with Crippen molar-refractivity contribution in [2.24, 2.45) is 0 Å². The molecule has 0 spiro atoms. The molecular formula is C33H56NO6PS. The van der Waals surface area contributed by atoms with Crippen LogP contribution in [0.25, 0.3) is 0 Å². The number of benzene rings is 1. The molecule has 240 valence electrons. The lowest BCUT2D eigenvalue weighted by atomic mass is 10.0. The number of phosphoric ester groups is 1. The molecular weight excluding hydrogens is 569 g/mol. The van der Waals surface area contributed by atoms with Crippen LogP contribution in [0, 0.1) is 0 Å². The minimum Gasteiger partial charge on any atom is -0.404 e. The molecule has 2 unspecified atom stereocenters. The zero-order valence-electron chi connectivity index (χ0n) is 26.2. The average molecular weight is 626 g/mol. The van der Waals surface area contributed by atoms with Crippen LogP contribution in [0.1, 0.15) is 109 Å². The van der Waals surface area contributed by atoms with Gasteiger partial charge in [0, 0.05) is 19.4 Å². The zero-order chi connectivity index (χ0) is 30.3. The van der Waals surface area contributed by atoms with Crippen molar-refractivity contribution < 1.29 is 28.0 Å². The Labute approximate surface area is 260 Å². The fourth-order valence-electron chi connectivity index (χ4n) is 4.70. The van der Waals surface area contributed by atoms with Crippen molar-refractivity contribution in [1.82, 2.24) is 4.90 Å². The Morgan fingerprint density at radius 3 is 2.24 bits per heavy atom. The van der Waals surface area contributed by atoms with E-state index in [4.69, 9.17) is 18.5 Å². The molecule has 1 aromatic carbocycles. The third-order valence-corrected chi connectivity index (χ3v) is 8.76. The van der Waals surface area contributed by atoms with Crippen molar-refractivity contribution in [2.45, 2.75) is 116 Å². The number of nitrogens with zero attached hydrogens (tertiary/aromatic N) is 1. The van der Waals surface area contributed by atoms with Crippen LogP contribution in [0.4, 0.5) is 0 Å². The molecule has 0 aromatic heterocycles. The molecule has 0 aliphatic carbocycles. The Hall–Kier alpha value is -1.28. The molecule has 0 bridgehead atoms. The second-order valence-electron chi connectivity index (χ2n) is 11.4. The number of rotatable bonds is 27. The molecule has 1 heterocycles. The van der Waals surface area contributed by atoms with E-state index < -0.39 is 13.9 Å². The van der Waals surface area contributed by atoms with E-state index in [1.807, 2.05) is 30.7 Å². The van der Waals surface area contributed by atoms with Crippen LogP contribution in [-0.4, -0.2) is 48.2 Å². The van der Waals surface area contributed by atoms with E-state index in [0.29, 0.717) is 25.5 Å². The standard InChI is InChI=1S/C33H56NO6PS/c1-4-5-6-7-8-9-10-11-12-13-14-15-16-17-22-37-27-33(38-26-30(2)3)28-39-41(35,36)40-32-20-18-19-31(24-32)25-34-21-23-42-29-34/h18-21,23-24,33H,2,4-17,22,25-29H2,1,3H3,(H,35,36). The Kier molecular flexibility index (Phi) is 20.3. The highest BCUT2D eigenvalue weighted by molar-refractivity contribution is 8.02. The minimum atomic E-state index is -4.34. The Morgan fingerprint density at radius 2 is 1.64 bits per heavy atom. The highest BCUT2D eigenvalue weighted by Crippen LogP contribution is 2.44. The Bertz CT molecular complexity index is 930. The van der Waals surface area contributed by atoms with E-state index in [1.54, 1.807) is 23.9 Å². The van der Waals surface area contributed by atoms with Gasteiger partial charge in [0.2, 0.25) is 0 Å². The van der Waals surface area contributed by atoms with Gasteiger partial charge in [-0.05, 0) is 36.4 Å². The fraction of sp³-hybridized carbons (Fsp3) is 0.697. The van der Waals surface area contributed by atoms with Crippen molar-refractivity contribution in [3.63, 3.8) is 0 Å². The molecule has 1 N–H and O–H groups in total. The number of unbranched alkanes of at least 4 members (excludes halogenated alkanes) is 13. The molecule has 9 heteroatoms. The summed E-state index contributed by atoms with van der Waals surface area (Å²) in [5.41, 5.74) is 1.85. The summed E-state index contributed by atoms with van der Waals surface area (Å²) in [5.74, 6) is 1.18. The Morgan fingerprint density at radius 1 is 1.00 bits per heavy atom. The molecule has 7 nitrogen and oxygen atoms in total. The first-order chi connectivity index (χ1) is 20.4. The number of ether oxygens (including phenoxy) is 2. The van der Waals surface area contributed by atoms with E-state index in [9.17, 15) is 9.46 Å².